The number of aliphatic carboxylic acids is 2. The van der Waals surface area contributed by atoms with Crippen LogP contribution in [0, 0.1) is 29.6 Å². The van der Waals surface area contributed by atoms with Crippen LogP contribution in [0.25, 0.3) is 0 Å². The van der Waals surface area contributed by atoms with Gasteiger partial charge in [0.25, 0.3) is 0 Å². The number of allylic oxidation sites excluding steroid dienone is 3. The number of aliphatic hydroxyl groups excluding tert-OH is 1. The van der Waals surface area contributed by atoms with Crippen LogP contribution in [0.4, 0.5) is 0 Å². The van der Waals surface area contributed by atoms with Crippen molar-refractivity contribution < 1.29 is 24.9 Å². The molecule has 0 saturated carbocycles. The second-order valence-corrected chi connectivity index (χ2v) is 8.68. The van der Waals surface area contributed by atoms with Crippen molar-refractivity contribution in [2.45, 2.75) is 73.6 Å². The molecule has 0 aromatic heterocycles. The number of carboxylic acid groups (broad SMARTS) is 2. The van der Waals surface area contributed by atoms with Crippen molar-refractivity contribution in [3.05, 3.63) is 23.3 Å². The van der Waals surface area contributed by atoms with Crippen LogP contribution in [0.2, 0.25) is 0 Å². The van der Waals surface area contributed by atoms with Crippen LogP contribution >= 0.6 is 0 Å². The molecule has 0 amide bonds. The number of hydrogen-bond acceptors (Lipinski definition) is 3. The summed E-state index contributed by atoms with van der Waals surface area (Å²) in [5.41, 5.74) is 0.920. The Hall–Kier alpha value is -1.62. The maximum Gasteiger partial charge on any atom is 0.331 e. The molecule has 0 heterocycles. The predicted molar refractivity (Wildman–Crippen MR) is 113 cm³/mol. The highest BCUT2D eigenvalue weighted by Gasteiger charge is 2.19. The Morgan fingerprint density at radius 3 is 2.04 bits per heavy atom. The van der Waals surface area contributed by atoms with E-state index in [0.29, 0.717) is 11.8 Å². The summed E-state index contributed by atoms with van der Waals surface area (Å²) in [5, 5.41) is 28.1. The van der Waals surface area contributed by atoms with E-state index in [1.165, 1.54) is 19.8 Å². The number of carbonyl (C=O) groups is 2. The molecular formula is C23H40O5. The Labute approximate surface area is 170 Å². The summed E-state index contributed by atoms with van der Waals surface area (Å²) in [7, 11) is 0. The molecule has 0 aliphatic rings. The summed E-state index contributed by atoms with van der Waals surface area (Å²) in [6.07, 6.45) is 7.75. The molecule has 5 nitrogen and oxygen atoms in total. The van der Waals surface area contributed by atoms with E-state index in [1.54, 1.807) is 6.08 Å². The van der Waals surface area contributed by atoms with Crippen LogP contribution < -0.4 is 0 Å². The van der Waals surface area contributed by atoms with Gasteiger partial charge in [0.2, 0.25) is 0 Å². The fraction of sp³-hybridized carbons (Fsp3) is 0.739. The first-order valence-electron chi connectivity index (χ1n) is 10.5. The van der Waals surface area contributed by atoms with Gasteiger partial charge < -0.3 is 15.3 Å². The van der Waals surface area contributed by atoms with E-state index in [9.17, 15) is 19.8 Å². The average molecular weight is 397 g/mol. The van der Waals surface area contributed by atoms with Gasteiger partial charge in [-0.1, -0.05) is 52.7 Å². The zero-order valence-corrected chi connectivity index (χ0v) is 18.4. The summed E-state index contributed by atoms with van der Waals surface area (Å²) in [6, 6.07) is 0. The zero-order chi connectivity index (χ0) is 21.9. The molecule has 5 heteroatoms. The molecule has 0 aliphatic heterocycles. The third-order valence-electron chi connectivity index (χ3n) is 5.37. The van der Waals surface area contributed by atoms with Crippen molar-refractivity contribution in [1.29, 1.82) is 0 Å². The van der Waals surface area contributed by atoms with Gasteiger partial charge in [-0.3, -0.25) is 4.79 Å². The van der Waals surface area contributed by atoms with Crippen molar-refractivity contribution in [3.63, 3.8) is 0 Å². The Morgan fingerprint density at radius 2 is 1.57 bits per heavy atom. The van der Waals surface area contributed by atoms with Gasteiger partial charge in [-0.05, 0) is 62.4 Å². The lowest BCUT2D eigenvalue weighted by Gasteiger charge is -2.23. The van der Waals surface area contributed by atoms with Crippen LogP contribution in [0.1, 0.15) is 73.6 Å². The smallest absolute Gasteiger partial charge is 0.331 e. The Balaban J connectivity index is 4.96. The summed E-state index contributed by atoms with van der Waals surface area (Å²) >= 11 is 0. The molecule has 0 aromatic rings. The second-order valence-electron chi connectivity index (χ2n) is 8.68. The molecule has 0 radical (unpaired) electrons. The molecule has 3 N–H and O–H groups in total. The van der Waals surface area contributed by atoms with E-state index in [4.69, 9.17) is 5.11 Å². The van der Waals surface area contributed by atoms with Crippen molar-refractivity contribution in [3.8, 4) is 0 Å². The molecule has 28 heavy (non-hydrogen) atoms. The highest BCUT2D eigenvalue weighted by Crippen LogP contribution is 2.26. The first-order valence-corrected chi connectivity index (χ1v) is 10.5. The molecule has 0 rings (SSSR count). The third kappa shape index (κ3) is 11.3. The Bertz CT molecular complexity index is 549. The van der Waals surface area contributed by atoms with Gasteiger partial charge in [-0.15, -0.1) is 0 Å². The van der Waals surface area contributed by atoms with Gasteiger partial charge in [-0.25, -0.2) is 4.79 Å². The Morgan fingerprint density at radius 1 is 0.964 bits per heavy atom. The normalized spacial score (nSPS) is 18.2. The van der Waals surface area contributed by atoms with Crippen molar-refractivity contribution in [1.82, 2.24) is 0 Å². The molecule has 5 atom stereocenters. The lowest BCUT2D eigenvalue weighted by Crippen LogP contribution is -2.15. The van der Waals surface area contributed by atoms with E-state index in [1.807, 2.05) is 13.0 Å². The third-order valence-corrected chi connectivity index (χ3v) is 5.37. The van der Waals surface area contributed by atoms with Gasteiger partial charge in [0.1, 0.15) is 0 Å². The molecule has 0 saturated heterocycles. The van der Waals surface area contributed by atoms with Gasteiger partial charge >= 0.3 is 11.9 Å². The van der Waals surface area contributed by atoms with E-state index in [-0.39, 0.29) is 30.4 Å². The lowest BCUT2D eigenvalue weighted by molar-refractivity contribution is -0.141. The fourth-order valence-corrected chi connectivity index (χ4v) is 3.75. The highest BCUT2D eigenvalue weighted by atomic mass is 16.4. The molecule has 0 aliphatic carbocycles. The maximum atomic E-state index is 11.4. The first kappa shape index (κ1) is 26.4. The minimum atomic E-state index is -1.08. The van der Waals surface area contributed by atoms with Gasteiger partial charge in [-0.2, -0.15) is 0 Å². The van der Waals surface area contributed by atoms with Crippen LogP contribution in [0.3, 0.4) is 0 Å². The predicted octanol–water partition coefficient (Wildman–Crippen LogP) is 5.15. The molecule has 0 unspecified atom stereocenters. The van der Waals surface area contributed by atoms with Crippen LogP contribution in [0.5, 0.6) is 0 Å². The van der Waals surface area contributed by atoms with Crippen LogP contribution in [-0.2, 0) is 9.59 Å². The van der Waals surface area contributed by atoms with Crippen LogP contribution in [-0.4, -0.2) is 33.9 Å². The fourth-order valence-electron chi connectivity index (χ4n) is 3.75. The van der Waals surface area contributed by atoms with Crippen molar-refractivity contribution in [2.75, 3.05) is 6.61 Å². The molecular weight excluding hydrogens is 356 g/mol. The quantitative estimate of drug-likeness (QED) is 0.279. The van der Waals surface area contributed by atoms with E-state index in [0.717, 1.165) is 18.4 Å². The summed E-state index contributed by atoms with van der Waals surface area (Å²) in [4.78, 5) is 22.4. The van der Waals surface area contributed by atoms with E-state index in [2.05, 4.69) is 27.7 Å². The number of carboxylic acids is 2. The number of rotatable bonds is 14. The van der Waals surface area contributed by atoms with E-state index < -0.39 is 17.9 Å². The van der Waals surface area contributed by atoms with Crippen molar-refractivity contribution in [2.24, 2.45) is 29.6 Å². The standard InChI is InChI=1S/C23H40O5/c1-7-15(2)8-16(3)10-20(14-24)11-17(4)9-18(5)12-21(23(27)28)13-19(6)22(25)26/h9,12,15-17,19-20,24H,7-8,10-11,13-14H2,1-6H3,(H,25,26)(H,27,28)/b18-9+,21-12-/t15-,16-,17-,19+,20-/m0/s1. The molecule has 0 bridgehead atoms. The minimum absolute atomic E-state index is 0.00335. The van der Waals surface area contributed by atoms with Gasteiger partial charge in [0.05, 0.1) is 5.92 Å². The van der Waals surface area contributed by atoms with Gasteiger partial charge in [0.15, 0.2) is 0 Å². The average Bonchev–Trinajstić information content (AvgIpc) is 2.59. The summed E-state index contributed by atoms with van der Waals surface area (Å²) in [5.74, 6) is -1.12. The Kier molecular flexibility index (Phi) is 12.8. The lowest BCUT2D eigenvalue weighted by atomic mass is 9.84. The first-order chi connectivity index (χ1) is 13.0. The maximum absolute atomic E-state index is 11.4. The largest absolute Gasteiger partial charge is 0.481 e. The summed E-state index contributed by atoms with van der Waals surface area (Å²) < 4.78 is 0. The highest BCUT2D eigenvalue weighted by molar-refractivity contribution is 5.88. The summed E-state index contributed by atoms with van der Waals surface area (Å²) in [6.45, 7) is 12.3. The number of hydrogen-bond donors (Lipinski definition) is 3. The zero-order valence-electron chi connectivity index (χ0n) is 18.4. The topological polar surface area (TPSA) is 94.8 Å². The van der Waals surface area contributed by atoms with Crippen molar-refractivity contribution >= 4 is 11.9 Å². The molecule has 162 valence electrons. The minimum Gasteiger partial charge on any atom is -0.481 e. The van der Waals surface area contributed by atoms with E-state index >= 15 is 0 Å². The van der Waals surface area contributed by atoms with Gasteiger partial charge in [0, 0.05) is 12.2 Å². The molecule has 0 spiro atoms. The molecule has 0 fully saturated rings. The number of aliphatic hydroxyl groups is 1. The SMILES string of the molecule is CC[C@H](C)C[C@H](C)C[C@H](CO)C[C@@H](C)/C=C(C)/C=C(/C[C@@H](C)C(=O)O)C(=O)O. The second kappa shape index (κ2) is 13.5. The van der Waals surface area contributed by atoms with Crippen LogP contribution in [0.15, 0.2) is 23.3 Å². The molecule has 0 aromatic carbocycles. The monoisotopic (exact) mass is 396 g/mol.